The van der Waals surface area contributed by atoms with E-state index in [1.165, 1.54) is 0 Å². The maximum absolute atomic E-state index is 12.2. The van der Waals surface area contributed by atoms with E-state index >= 15 is 0 Å². The van der Waals surface area contributed by atoms with Gasteiger partial charge in [0.15, 0.2) is 0 Å². The molecule has 2 aliphatic heterocycles. The number of carbonyl (C=O) groups is 2. The highest BCUT2D eigenvalue weighted by Crippen LogP contribution is 2.38. The first-order chi connectivity index (χ1) is 9.60. The van der Waals surface area contributed by atoms with E-state index in [2.05, 4.69) is 10.3 Å². The van der Waals surface area contributed by atoms with Crippen molar-refractivity contribution in [1.82, 2.24) is 15.2 Å². The van der Waals surface area contributed by atoms with Gasteiger partial charge in [-0.2, -0.15) is 0 Å². The lowest BCUT2D eigenvalue weighted by Gasteiger charge is -2.38. The molecule has 2 aliphatic rings. The number of aromatic nitrogens is 1. The quantitative estimate of drug-likeness (QED) is 0.786. The van der Waals surface area contributed by atoms with E-state index in [9.17, 15) is 9.59 Å². The van der Waals surface area contributed by atoms with Crippen LogP contribution < -0.4 is 11.1 Å². The molecule has 1 atom stereocenters. The Kier molecular flexibility index (Phi) is 3.08. The number of rotatable bonds is 1. The van der Waals surface area contributed by atoms with Gasteiger partial charge in [0.25, 0.3) is 0 Å². The number of hydrogen-bond acceptors (Lipinski definition) is 3. The average Bonchev–Trinajstić information content (AvgIpc) is 2.77. The van der Waals surface area contributed by atoms with Gasteiger partial charge in [-0.3, -0.25) is 9.78 Å². The first kappa shape index (κ1) is 12.9. The van der Waals surface area contributed by atoms with Gasteiger partial charge in [0.2, 0.25) is 5.91 Å². The summed E-state index contributed by atoms with van der Waals surface area (Å²) >= 11 is 0. The molecular formula is C14H18N4O2. The first-order valence-corrected chi connectivity index (χ1v) is 6.86. The summed E-state index contributed by atoms with van der Waals surface area (Å²) in [5.41, 5.74) is 6.12. The van der Waals surface area contributed by atoms with E-state index in [-0.39, 0.29) is 23.4 Å². The van der Waals surface area contributed by atoms with E-state index < -0.39 is 0 Å². The van der Waals surface area contributed by atoms with Gasteiger partial charge >= 0.3 is 6.03 Å². The molecule has 0 bridgehead atoms. The van der Waals surface area contributed by atoms with Crippen LogP contribution in [0, 0.1) is 0 Å². The third-order valence-electron chi connectivity index (χ3n) is 4.44. The van der Waals surface area contributed by atoms with Gasteiger partial charge in [0.05, 0.1) is 5.92 Å². The van der Waals surface area contributed by atoms with Crippen LogP contribution >= 0.6 is 0 Å². The number of nitrogens with two attached hydrogens (primary N) is 1. The van der Waals surface area contributed by atoms with Crippen LogP contribution in [0.2, 0.25) is 0 Å². The Balaban J connectivity index is 1.73. The van der Waals surface area contributed by atoms with Crippen molar-refractivity contribution in [2.24, 2.45) is 5.73 Å². The topological polar surface area (TPSA) is 88.3 Å². The third-order valence-corrected chi connectivity index (χ3v) is 4.44. The van der Waals surface area contributed by atoms with Crippen molar-refractivity contribution in [3.8, 4) is 0 Å². The number of piperidine rings is 1. The van der Waals surface area contributed by atoms with Crippen LogP contribution in [-0.4, -0.2) is 40.5 Å². The summed E-state index contributed by atoms with van der Waals surface area (Å²) in [5, 5.41) is 3.14. The summed E-state index contributed by atoms with van der Waals surface area (Å²) in [4.78, 5) is 29.0. The summed E-state index contributed by atoms with van der Waals surface area (Å²) in [7, 11) is 0. The van der Waals surface area contributed by atoms with Crippen LogP contribution in [0.15, 0.2) is 24.5 Å². The van der Waals surface area contributed by atoms with Gasteiger partial charge in [0, 0.05) is 31.0 Å². The Bertz CT molecular complexity index is 523. The molecule has 6 nitrogen and oxygen atoms in total. The monoisotopic (exact) mass is 274 g/mol. The average molecular weight is 274 g/mol. The second kappa shape index (κ2) is 4.77. The number of hydrogen-bond donors (Lipinski definition) is 2. The molecule has 0 aromatic carbocycles. The maximum atomic E-state index is 12.2. The van der Waals surface area contributed by atoms with Crippen LogP contribution in [0.5, 0.6) is 0 Å². The van der Waals surface area contributed by atoms with Crippen LogP contribution in [0.3, 0.4) is 0 Å². The zero-order chi connectivity index (χ0) is 14.2. The van der Waals surface area contributed by atoms with Gasteiger partial charge in [-0.15, -0.1) is 0 Å². The van der Waals surface area contributed by atoms with Crippen molar-refractivity contribution in [3.63, 3.8) is 0 Å². The smallest absolute Gasteiger partial charge is 0.314 e. The first-order valence-electron chi connectivity index (χ1n) is 6.86. The van der Waals surface area contributed by atoms with Crippen molar-refractivity contribution < 1.29 is 9.59 Å². The molecule has 3 N–H and O–H groups in total. The predicted molar refractivity (Wildman–Crippen MR) is 72.9 cm³/mol. The lowest BCUT2D eigenvalue weighted by atomic mass is 9.82. The van der Waals surface area contributed by atoms with Gasteiger partial charge in [-0.1, -0.05) is 0 Å². The molecule has 3 rings (SSSR count). The number of carbonyl (C=O) groups excluding carboxylic acids is 2. The molecule has 2 saturated heterocycles. The molecule has 106 valence electrons. The molecule has 1 aromatic rings. The lowest BCUT2D eigenvalue weighted by Crippen LogP contribution is -2.53. The molecule has 6 heteroatoms. The number of primary amides is 1. The Hall–Kier alpha value is -2.11. The normalized spacial score (nSPS) is 24.7. The summed E-state index contributed by atoms with van der Waals surface area (Å²) in [6.07, 6.45) is 5.74. The summed E-state index contributed by atoms with van der Waals surface area (Å²) in [6.45, 7) is 1.22. The standard InChI is InChI=1S/C14H18N4O2/c15-13(20)18-7-3-14(4-8-18)9-11(12(19)17-14)10-1-5-16-6-2-10/h1-2,5-6,11H,3-4,7-9H2,(H2,15,20)(H,17,19). The van der Waals surface area contributed by atoms with Gasteiger partial charge in [-0.05, 0) is 37.0 Å². The van der Waals surface area contributed by atoms with E-state index in [0.717, 1.165) is 24.8 Å². The molecule has 20 heavy (non-hydrogen) atoms. The van der Waals surface area contributed by atoms with Crippen molar-refractivity contribution in [1.29, 1.82) is 0 Å². The largest absolute Gasteiger partial charge is 0.351 e. The highest BCUT2D eigenvalue weighted by atomic mass is 16.2. The van der Waals surface area contributed by atoms with Crippen LogP contribution in [0.25, 0.3) is 0 Å². The molecule has 1 spiro atoms. The number of pyridine rings is 1. The van der Waals surface area contributed by atoms with E-state index in [0.29, 0.717) is 13.1 Å². The molecule has 3 amide bonds. The summed E-state index contributed by atoms with van der Waals surface area (Å²) < 4.78 is 0. The van der Waals surface area contributed by atoms with Gasteiger partial charge in [-0.25, -0.2) is 4.79 Å². The number of likely N-dealkylation sites (tertiary alicyclic amines) is 1. The highest BCUT2D eigenvalue weighted by Gasteiger charge is 2.46. The molecular weight excluding hydrogens is 256 g/mol. The fourth-order valence-corrected chi connectivity index (χ4v) is 3.23. The molecule has 1 unspecified atom stereocenters. The molecule has 0 radical (unpaired) electrons. The highest BCUT2D eigenvalue weighted by molar-refractivity contribution is 5.87. The molecule has 1 aromatic heterocycles. The maximum Gasteiger partial charge on any atom is 0.314 e. The van der Waals surface area contributed by atoms with E-state index in [1.807, 2.05) is 12.1 Å². The third kappa shape index (κ3) is 2.21. The number of nitrogens with one attached hydrogen (secondary N) is 1. The Morgan fingerprint density at radius 2 is 2.00 bits per heavy atom. The Morgan fingerprint density at radius 3 is 2.60 bits per heavy atom. The minimum atomic E-state index is -0.380. The summed E-state index contributed by atoms with van der Waals surface area (Å²) in [6, 6.07) is 3.40. The minimum Gasteiger partial charge on any atom is -0.351 e. The minimum absolute atomic E-state index is 0.0729. The lowest BCUT2D eigenvalue weighted by molar-refractivity contribution is -0.121. The number of urea groups is 1. The second-order valence-corrected chi connectivity index (χ2v) is 5.63. The molecule has 0 aliphatic carbocycles. The second-order valence-electron chi connectivity index (χ2n) is 5.63. The zero-order valence-corrected chi connectivity index (χ0v) is 11.2. The number of amides is 3. The van der Waals surface area contributed by atoms with Gasteiger partial charge < -0.3 is 16.0 Å². The fourth-order valence-electron chi connectivity index (χ4n) is 3.23. The van der Waals surface area contributed by atoms with Crippen LogP contribution in [-0.2, 0) is 4.79 Å². The van der Waals surface area contributed by atoms with E-state index in [1.54, 1.807) is 17.3 Å². The Morgan fingerprint density at radius 1 is 1.35 bits per heavy atom. The fraction of sp³-hybridized carbons (Fsp3) is 0.500. The van der Waals surface area contributed by atoms with Crippen LogP contribution in [0.4, 0.5) is 4.79 Å². The summed E-state index contributed by atoms with van der Waals surface area (Å²) in [5.74, 6) is -0.0400. The van der Waals surface area contributed by atoms with Crippen molar-refractivity contribution >= 4 is 11.9 Å². The Labute approximate surface area is 117 Å². The van der Waals surface area contributed by atoms with Crippen molar-refractivity contribution in [2.75, 3.05) is 13.1 Å². The SMILES string of the molecule is NC(=O)N1CCC2(CC1)CC(c1ccncc1)C(=O)N2. The molecule has 3 heterocycles. The molecule has 2 fully saturated rings. The molecule has 0 saturated carbocycles. The van der Waals surface area contributed by atoms with Gasteiger partial charge in [0.1, 0.15) is 0 Å². The predicted octanol–water partition coefficient (Wildman–Crippen LogP) is 0.598. The van der Waals surface area contributed by atoms with Crippen molar-refractivity contribution in [3.05, 3.63) is 30.1 Å². The van der Waals surface area contributed by atoms with Crippen LogP contribution in [0.1, 0.15) is 30.7 Å². The zero-order valence-electron chi connectivity index (χ0n) is 11.2. The van der Waals surface area contributed by atoms with Crippen molar-refractivity contribution in [2.45, 2.75) is 30.7 Å². The number of nitrogens with zero attached hydrogens (tertiary/aromatic N) is 2. The van der Waals surface area contributed by atoms with E-state index in [4.69, 9.17) is 5.73 Å².